The second-order valence-corrected chi connectivity index (χ2v) is 3.96. The Labute approximate surface area is 88.6 Å². The molecule has 1 aliphatic heterocycles. The van der Waals surface area contributed by atoms with Crippen LogP contribution in [0, 0.1) is 5.21 Å². The Balaban J connectivity index is 2.42. The fourth-order valence-corrected chi connectivity index (χ4v) is 2.28. The van der Waals surface area contributed by atoms with Crippen molar-refractivity contribution in [2.45, 2.75) is 0 Å². The summed E-state index contributed by atoms with van der Waals surface area (Å²) in [5.74, 6) is 0. The molecule has 0 aliphatic carbocycles. The Morgan fingerprint density at radius 2 is 1.20 bits per heavy atom. The van der Waals surface area contributed by atoms with E-state index in [2.05, 4.69) is 0 Å². The van der Waals surface area contributed by atoms with Gasteiger partial charge in [0, 0.05) is 23.3 Å². The Bertz CT molecular complexity index is 484. The molecule has 0 bridgehead atoms. The number of quaternary nitrogens is 1. The minimum atomic E-state index is -0.396. The molecule has 0 fully saturated rings. The van der Waals surface area contributed by atoms with Crippen LogP contribution in [0.3, 0.4) is 0 Å². The highest BCUT2D eigenvalue weighted by molar-refractivity contribution is 5.94. The van der Waals surface area contributed by atoms with E-state index in [1.807, 2.05) is 48.5 Å². The van der Waals surface area contributed by atoms with Crippen molar-refractivity contribution in [1.82, 2.24) is 4.65 Å². The zero-order valence-electron chi connectivity index (χ0n) is 8.47. The minimum Gasteiger partial charge on any atom is -0.622 e. The molecule has 0 N–H and O–H groups in total. The third-order valence-electron chi connectivity index (χ3n) is 3.02. The molecule has 1 aliphatic rings. The average Bonchev–Trinajstić information content (AvgIpc) is 2.51. The van der Waals surface area contributed by atoms with Gasteiger partial charge >= 0.3 is 0 Å². The van der Waals surface area contributed by atoms with Gasteiger partial charge in [-0.05, 0) is 12.1 Å². The molecule has 0 saturated carbocycles. The standard InChI is InChI=1S/C13H11NO/c1-14(15)12-8-4-2-6-10(12)11-7-3-5-9-13(11)14/h2-9H,1H3. The molecular formula is C13H11NO. The van der Waals surface area contributed by atoms with E-state index < -0.39 is 4.65 Å². The van der Waals surface area contributed by atoms with Crippen molar-refractivity contribution in [3.63, 3.8) is 0 Å². The van der Waals surface area contributed by atoms with Crippen molar-refractivity contribution in [2.75, 3.05) is 7.05 Å². The van der Waals surface area contributed by atoms with Crippen LogP contribution in [0.5, 0.6) is 0 Å². The summed E-state index contributed by atoms with van der Waals surface area (Å²) in [6, 6.07) is 15.6. The molecule has 2 aromatic carbocycles. The van der Waals surface area contributed by atoms with Crippen molar-refractivity contribution in [2.24, 2.45) is 0 Å². The van der Waals surface area contributed by atoms with Crippen LogP contribution in [0.2, 0.25) is 0 Å². The molecule has 0 saturated heterocycles. The highest BCUT2D eigenvalue weighted by Crippen LogP contribution is 2.50. The Hall–Kier alpha value is -1.64. The number of hydrogen-bond acceptors (Lipinski definition) is 1. The molecule has 15 heavy (non-hydrogen) atoms. The first-order valence-corrected chi connectivity index (χ1v) is 4.98. The first kappa shape index (κ1) is 8.65. The molecule has 74 valence electrons. The lowest BCUT2D eigenvalue weighted by Crippen LogP contribution is -2.29. The van der Waals surface area contributed by atoms with Crippen LogP contribution < -0.4 is 4.65 Å². The third kappa shape index (κ3) is 1.00. The molecule has 1 heterocycles. The maximum absolute atomic E-state index is 12.5. The number of nitrogens with zero attached hydrogens (tertiary/aromatic N) is 1. The summed E-state index contributed by atoms with van der Waals surface area (Å²) in [6.45, 7) is 0. The molecule has 0 aromatic heterocycles. The van der Waals surface area contributed by atoms with Crippen LogP contribution >= 0.6 is 0 Å². The molecule has 0 unspecified atom stereocenters. The monoisotopic (exact) mass is 197 g/mol. The quantitative estimate of drug-likeness (QED) is 0.468. The first-order chi connectivity index (χ1) is 7.21. The summed E-state index contributed by atoms with van der Waals surface area (Å²) < 4.78 is -0.396. The largest absolute Gasteiger partial charge is 0.622 e. The summed E-state index contributed by atoms with van der Waals surface area (Å²) in [6.07, 6.45) is 0. The van der Waals surface area contributed by atoms with Crippen LogP contribution in [-0.2, 0) is 0 Å². The van der Waals surface area contributed by atoms with Gasteiger partial charge in [0.1, 0.15) is 11.4 Å². The molecule has 0 spiro atoms. The van der Waals surface area contributed by atoms with Gasteiger partial charge in [-0.15, -0.1) is 0 Å². The Kier molecular flexibility index (Phi) is 1.55. The lowest BCUT2D eigenvalue weighted by molar-refractivity contribution is 0.631. The van der Waals surface area contributed by atoms with E-state index in [0.29, 0.717) is 0 Å². The van der Waals surface area contributed by atoms with E-state index in [1.165, 1.54) is 0 Å². The smallest absolute Gasteiger partial charge is 0.145 e. The highest BCUT2D eigenvalue weighted by atomic mass is 16.5. The summed E-state index contributed by atoms with van der Waals surface area (Å²) in [5, 5.41) is 12.5. The molecule has 0 radical (unpaired) electrons. The van der Waals surface area contributed by atoms with E-state index in [1.54, 1.807) is 7.05 Å². The van der Waals surface area contributed by atoms with Crippen LogP contribution in [0.4, 0.5) is 11.4 Å². The van der Waals surface area contributed by atoms with Gasteiger partial charge in [0.25, 0.3) is 0 Å². The highest BCUT2D eigenvalue weighted by Gasteiger charge is 2.32. The molecule has 2 nitrogen and oxygen atoms in total. The van der Waals surface area contributed by atoms with E-state index in [0.717, 1.165) is 22.5 Å². The number of hydrogen-bond donors (Lipinski definition) is 0. The Morgan fingerprint density at radius 3 is 1.67 bits per heavy atom. The number of fused-ring (bicyclic) bond motifs is 3. The zero-order chi connectivity index (χ0) is 10.5. The van der Waals surface area contributed by atoms with Crippen LogP contribution in [0.1, 0.15) is 0 Å². The maximum Gasteiger partial charge on any atom is 0.145 e. The van der Waals surface area contributed by atoms with Crippen molar-refractivity contribution in [3.8, 4) is 11.1 Å². The van der Waals surface area contributed by atoms with E-state index in [4.69, 9.17) is 0 Å². The normalized spacial score (nSPS) is 15.9. The fourth-order valence-electron chi connectivity index (χ4n) is 2.28. The van der Waals surface area contributed by atoms with Gasteiger partial charge < -0.3 is 5.21 Å². The first-order valence-electron chi connectivity index (χ1n) is 4.98. The summed E-state index contributed by atoms with van der Waals surface area (Å²) >= 11 is 0. The molecule has 0 atom stereocenters. The number of rotatable bonds is 0. The average molecular weight is 197 g/mol. The fraction of sp³-hybridized carbons (Fsp3) is 0.0769. The zero-order valence-corrected chi connectivity index (χ0v) is 8.47. The van der Waals surface area contributed by atoms with Crippen LogP contribution in [0.15, 0.2) is 48.5 Å². The Morgan fingerprint density at radius 1 is 0.800 bits per heavy atom. The topological polar surface area (TPSA) is 23.1 Å². The van der Waals surface area contributed by atoms with Gasteiger partial charge in [-0.3, -0.25) is 4.65 Å². The van der Waals surface area contributed by atoms with Crippen molar-refractivity contribution >= 4 is 11.4 Å². The number of para-hydroxylation sites is 2. The van der Waals surface area contributed by atoms with Gasteiger partial charge in [-0.2, -0.15) is 0 Å². The lowest BCUT2D eigenvalue weighted by atomic mass is 10.1. The number of hydroxylamine groups is 1. The van der Waals surface area contributed by atoms with Gasteiger partial charge in [0.2, 0.25) is 0 Å². The summed E-state index contributed by atoms with van der Waals surface area (Å²) in [7, 11) is 1.69. The van der Waals surface area contributed by atoms with E-state index in [9.17, 15) is 5.21 Å². The summed E-state index contributed by atoms with van der Waals surface area (Å²) in [4.78, 5) is 0. The van der Waals surface area contributed by atoms with Gasteiger partial charge in [0.15, 0.2) is 0 Å². The second-order valence-electron chi connectivity index (χ2n) is 3.96. The molecule has 0 amide bonds. The predicted molar refractivity (Wildman–Crippen MR) is 62.6 cm³/mol. The SMILES string of the molecule is C[N+]1([O-])c2ccccc2-c2ccccc21. The maximum atomic E-state index is 12.5. The minimum absolute atomic E-state index is 0.396. The third-order valence-corrected chi connectivity index (χ3v) is 3.02. The van der Waals surface area contributed by atoms with Crippen molar-refractivity contribution in [1.29, 1.82) is 0 Å². The second kappa shape index (κ2) is 2.69. The van der Waals surface area contributed by atoms with Crippen molar-refractivity contribution in [3.05, 3.63) is 53.7 Å². The van der Waals surface area contributed by atoms with Crippen LogP contribution in [-0.4, -0.2) is 7.05 Å². The summed E-state index contributed by atoms with van der Waals surface area (Å²) in [5.41, 5.74) is 3.79. The number of benzene rings is 2. The predicted octanol–water partition coefficient (Wildman–Crippen LogP) is 3.43. The van der Waals surface area contributed by atoms with Gasteiger partial charge in [-0.25, -0.2) is 0 Å². The van der Waals surface area contributed by atoms with E-state index in [-0.39, 0.29) is 0 Å². The van der Waals surface area contributed by atoms with Gasteiger partial charge in [-0.1, -0.05) is 24.3 Å². The molecule has 2 heteroatoms. The molecular weight excluding hydrogens is 186 g/mol. The van der Waals surface area contributed by atoms with Gasteiger partial charge in [0.05, 0.1) is 7.05 Å². The molecule has 2 aromatic rings. The van der Waals surface area contributed by atoms with Crippen molar-refractivity contribution < 1.29 is 0 Å². The lowest BCUT2D eigenvalue weighted by Gasteiger charge is -2.34. The van der Waals surface area contributed by atoms with E-state index >= 15 is 0 Å². The molecule has 3 rings (SSSR count). The van der Waals surface area contributed by atoms with Crippen LogP contribution in [0.25, 0.3) is 11.1 Å².